The highest BCUT2D eigenvalue weighted by molar-refractivity contribution is 5.73. The molecule has 118 valence electrons. The summed E-state index contributed by atoms with van der Waals surface area (Å²) in [7, 11) is 0. The first-order valence-corrected chi connectivity index (χ1v) is 7.45. The fraction of sp³-hybridized carbons (Fsp3) is 0.412. The molecule has 2 aromatic rings. The van der Waals surface area contributed by atoms with Crippen molar-refractivity contribution in [2.24, 2.45) is 5.41 Å². The van der Waals surface area contributed by atoms with E-state index in [9.17, 15) is 4.79 Å². The van der Waals surface area contributed by atoms with Crippen LogP contribution in [0.5, 0.6) is 0 Å². The third-order valence-corrected chi connectivity index (χ3v) is 3.84. The number of para-hydroxylation sites is 1. The van der Waals surface area contributed by atoms with Crippen LogP contribution in [0, 0.1) is 12.3 Å². The molecule has 0 fully saturated rings. The zero-order valence-electron chi connectivity index (χ0n) is 13.3. The van der Waals surface area contributed by atoms with Gasteiger partial charge < -0.3 is 10.4 Å². The Morgan fingerprint density at radius 2 is 2.00 bits per heavy atom. The second-order valence-electron chi connectivity index (χ2n) is 6.14. The van der Waals surface area contributed by atoms with E-state index >= 15 is 0 Å². The van der Waals surface area contributed by atoms with Gasteiger partial charge in [-0.25, -0.2) is 4.68 Å². The first-order chi connectivity index (χ1) is 10.4. The first-order valence-electron chi connectivity index (χ1n) is 7.45. The summed E-state index contributed by atoms with van der Waals surface area (Å²) >= 11 is 0. The highest BCUT2D eigenvalue weighted by Gasteiger charge is 2.26. The molecule has 5 heteroatoms. The van der Waals surface area contributed by atoms with Gasteiger partial charge in [0.1, 0.15) is 0 Å². The van der Waals surface area contributed by atoms with Gasteiger partial charge in [0.25, 0.3) is 0 Å². The lowest BCUT2D eigenvalue weighted by Crippen LogP contribution is -2.28. The van der Waals surface area contributed by atoms with Crippen LogP contribution >= 0.6 is 0 Å². The third kappa shape index (κ3) is 3.95. The number of carbonyl (C=O) groups is 1. The molecule has 1 aromatic carbocycles. The Balaban J connectivity index is 1.92. The minimum absolute atomic E-state index is 0.591. The fourth-order valence-electron chi connectivity index (χ4n) is 2.11. The lowest BCUT2D eigenvalue weighted by Gasteiger charge is -2.18. The molecule has 0 spiro atoms. The highest BCUT2D eigenvalue weighted by atomic mass is 16.4. The Labute approximate surface area is 131 Å². The monoisotopic (exact) mass is 301 g/mol. The van der Waals surface area contributed by atoms with Gasteiger partial charge in [0.15, 0.2) is 0 Å². The second kappa shape index (κ2) is 6.75. The summed E-state index contributed by atoms with van der Waals surface area (Å²) < 4.78 is 1.87. The topological polar surface area (TPSA) is 67.2 Å². The van der Waals surface area contributed by atoms with E-state index in [0.717, 1.165) is 16.9 Å². The van der Waals surface area contributed by atoms with Crippen molar-refractivity contribution in [2.75, 3.05) is 6.54 Å². The number of hydrogen-bond donors (Lipinski definition) is 2. The van der Waals surface area contributed by atoms with Gasteiger partial charge in [-0.2, -0.15) is 5.10 Å². The molecule has 1 aromatic heterocycles. The largest absolute Gasteiger partial charge is 0.481 e. The van der Waals surface area contributed by atoms with E-state index < -0.39 is 11.4 Å². The van der Waals surface area contributed by atoms with Gasteiger partial charge in [0.05, 0.1) is 16.8 Å². The van der Waals surface area contributed by atoms with E-state index in [4.69, 9.17) is 5.11 Å². The van der Waals surface area contributed by atoms with Gasteiger partial charge in [-0.15, -0.1) is 0 Å². The smallest absolute Gasteiger partial charge is 0.309 e. The van der Waals surface area contributed by atoms with Crippen LogP contribution < -0.4 is 5.32 Å². The van der Waals surface area contributed by atoms with E-state index in [1.165, 1.54) is 0 Å². The number of aromatic nitrogens is 2. The van der Waals surface area contributed by atoms with Crippen molar-refractivity contribution in [3.63, 3.8) is 0 Å². The average Bonchev–Trinajstić information content (AvgIpc) is 2.86. The molecule has 0 atom stereocenters. The van der Waals surface area contributed by atoms with Crippen molar-refractivity contribution in [1.29, 1.82) is 0 Å². The van der Waals surface area contributed by atoms with E-state index in [-0.39, 0.29) is 0 Å². The molecule has 0 saturated carbocycles. The predicted molar refractivity (Wildman–Crippen MR) is 86.0 cm³/mol. The summed E-state index contributed by atoms with van der Waals surface area (Å²) in [4.78, 5) is 11.1. The van der Waals surface area contributed by atoms with E-state index in [2.05, 4.69) is 10.4 Å². The Bertz CT molecular complexity index is 633. The summed E-state index contributed by atoms with van der Waals surface area (Å²) in [5.41, 5.74) is 2.44. The first kappa shape index (κ1) is 16.2. The summed E-state index contributed by atoms with van der Waals surface area (Å²) in [6, 6.07) is 9.97. The summed E-state index contributed by atoms with van der Waals surface area (Å²) in [6.45, 7) is 6.83. The van der Waals surface area contributed by atoms with Crippen LogP contribution in [0.3, 0.4) is 0 Å². The minimum atomic E-state index is -0.762. The molecule has 0 aliphatic rings. The molecular formula is C17H23N3O2. The molecule has 0 saturated heterocycles. The average molecular weight is 301 g/mol. The van der Waals surface area contributed by atoms with Crippen LogP contribution in [0.2, 0.25) is 0 Å². The Morgan fingerprint density at radius 1 is 1.32 bits per heavy atom. The molecule has 1 heterocycles. The highest BCUT2D eigenvalue weighted by Crippen LogP contribution is 2.19. The Morgan fingerprint density at radius 3 is 2.64 bits per heavy atom. The van der Waals surface area contributed by atoms with Gasteiger partial charge >= 0.3 is 5.97 Å². The zero-order valence-corrected chi connectivity index (χ0v) is 13.3. The number of nitrogens with zero attached hydrogens (tertiary/aromatic N) is 2. The lowest BCUT2D eigenvalue weighted by molar-refractivity contribution is -0.147. The molecule has 0 aliphatic carbocycles. The van der Waals surface area contributed by atoms with E-state index in [1.54, 1.807) is 13.8 Å². The van der Waals surface area contributed by atoms with Crippen LogP contribution in [0.4, 0.5) is 0 Å². The van der Waals surface area contributed by atoms with Crippen LogP contribution in [0.25, 0.3) is 5.69 Å². The van der Waals surface area contributed by atoms with Crippen LogP contribution in [-0.4, -0.2) is 27.4 Å². The SMILES string of the molecule is Cc1nn(-c2ccccc2)cc1CNCCC(C)(C)C(=O)O. The number of carboxylic acids is 1. The van der Waals surface area contributed by atoms with Gasteiger partial charge in [-0.1, -0.05) is 18.2 Å². The fourth-order valence-corrected chi connectivity index (χ4v) is 2.11. The maximum Gasteiger partial charge on any atom is 0.309 e. The van der Waals surface area contributed by atoms with Crippen molar-refractivity contribution in [2.45, 2.75) is 33.7 Å². The minimum Gasteiger partial charge on any atom is -0.481 e. The summed E-state index contributed by atoms with van der Waals surface area (Å²) in [6.07, 6.45) is 2.61. The van der Waals surface area contributed by atoms with E-state index in [0.29, 0.717) is 19.5 Å². The normalized spacial score (nSPS) is 11.6. The number of hydrogen-bond acceptors (Lipinski definition) is 3. The Hall–Kier alpha value is -2.14. The molecule has 2 rings (SSSR count). The van der Waals surface area contributed by atoms with E-state index in [1.807, 2.05) is 48.1 Å². The third-order valence-electron chi connectivity index (χ3n) is 3.84. The molecule has 0 unspecified atom stereocenters. The lowest BCUT2D eigenvalue weighted by atomic mass is 9.90. The predicted octanol–water partition coefficient (Wildman–Crippen LogP) is 2.77. The number of nitrogens with one attached hydrogen (secondary N) is 1. The molecular weight excluding hydrogens is 278 g/mol. The van der Waals surface area contributed by atoms with Gasteiger partial charge in [-0.3, -0.25) is 4.79 Å². The van der Waals surface area contributed by atoms with Gasteiger partial charge in [0, 0.05) is 18.3 Å². The molecule has 0 aliphatic heterocycles. The maximum atomic E-state index is 11.1. The quantitative estimate of drug-likeness (QED) is 0.772. The van der Waals surface area contributed by atoms with Crippen LogP contribution in [0.1, 0.15) is 31.5 Å². The van der Waals surface area contributed by atoms with Gasteiger partial charge in [0.2, 0.25) is 0 Å². The van der Waals surface area contributed by atoms with Crippen molar-refractivity contribution in [1.82, 2.24) is 15.1 Å². The van der Waals surface area contributed by atoms with Crippen molar-refractivity contribution in [3.8, 4) is 5.69 Å². The number of rotatable bonds is 7. The molecule has 0 radical (unpaired) electrons. The standard InChI is InChI=1S/C17H23N3O2/c1-13-14(11-18-10-9-17(2,3)16(21)22)12-20(19-13)15-7-5-4-6-8-15/h4-8,12,18H,9-11H2,1-3H3,(H,21,22). The molecule has 0 amide bonds. The molecule has 2 N–H and O–H groups in total. The number of benzene rings is 1. The second-order valence-corrected chi connectivity index (χ2v) is 6.14. The summed E-state index contributed by atoms with van der Waals surface area (Å²) in [5, 5.41) is 16.9. The maximum absolute atomic E-state index is 11.1. The van der Waals surface area contributed by atoms with Crippen molar-refractivity contribution in [3.05, 3.63) is 47.8 Å². The molecule has 5 nitrogen and oxygen atoms in total. The number of carboxylic acid groups (broad SMARTS) is 1. The summed E-state index contributed by atoms with van der Waals surface area (Å²) in [5.74, 6) is -0.762. The van der Waals surface area contributed by atoms with Crippen molar-refractivity contribution < 1.29 is 9.90 Å². The van der Waals surface area contributed by atoms with Crippen molar-refractivity contribution >= 4 is 5.97 Å². The number of aryl methyl sites for hydroxylation is 1. The Kier molecular flexibility index (Phi) is 4.98. The van der Waals surface area contributed by atoms with Crippen LogP contribution in [-0.2, 0) is 11.3 Å². The zero-order chi connectivity index (χ0) is 16.2. The van der Waals surface area contributed by atoms with Crippen LogP contribution in [0.15, 0.2) is 36.5 Å². The number of aliphatic carboxylic acids is 1. The van der Waals surface area contributed by atoms with Gasteiger partial charge in [-0.05, 0) is 45.9 Å². The molecule has 0 bridgehead atoms. The molecule has 22 heavy (non-hydrogen) atoms.